The first-order valence-corrected chi connectivity index (χ1v) is 9.05. The van der Waals surface area contributed by atoms with Crippen LogP contribution in [0.15, 0.2) is 42.5 Å². The summed E-state index contributed by atoms with van der Waals surface area (Å²) in [6, 6.07) is 13.7. The lowest BCUT2D eigenvalue weighted by Gasteiger charge is -2.45. The summed E-state index contributed by atoms with van der Waals surface area (Å²) in [6.07, 6.45) is -6.08. The van der Waals surface area contributed by atoms with Crippen molar-refractivity contribution in [2.45, 2.75) is 36.6 Å². The lowest BCUT2D eigenvalue weighted by atomic mass is 9.86. The predicted octanol–water partition coefficient (Wildman–Crippen LogP) is -0.223. The van der Waals surface area contributed by atoms with Gasteiger partial charge >= 0.3 is 0 Å². The van der Waals surface area contributed by atoms with Gasteiger partial charge in [-0.05, 0) is 41.8 Å². The molecule has 1 aliphatic heterocycles. The van der Waals surface area contributed by atoms with Gasteiger partial charge in [0, 0.05) is 5.56 Å². The molecule has 154 valence electrons. The number of benzene rings is 2. The Hall–Kier alpha value is -2.51. The van der Waals surface area contributed by atoms with E-state index in [0.29, 0.717) is 23.3 Å². The Morgan fingerprint density at radius 2 is 1.79 bits per heavy atom. The maximum Gasteiger partial charge on any atom is 0.222 e. The number of nitrogens with zero attached hydrogens (tertiary/aromatic N) is 1. The van der Waals surface area contributed by atoms with Crippen molar-refractivity contribution in [3.8, 4) is 11.8 Å². The number of ether oxygens (including phenoxy) is 2. The van der Waals surface area contributed by atoms with E-state index in [4.69, 9.17) is 9.47 Å². The summed E-state index contributed by atoms with van der Waals surface area (Å²) in [5.41, 5.74) is 1.93. The second-order valence-corrected chi connectivity index (χ2v) is 6.97. The van der Waals surface area contributed by atoms with E-state index < -0.39 is 36.8 Å². The standard InChI is InChI=1S/C21H23NO7/c1-28-16-6-2-12(3-7-16)8-14-9-15(5-4-13(14)10-22)21(27)20(26)19(25)18(24)17(11-23)29-21/h2-7,9,17-20,23-27H,8,11H2,1H3/t17-,18-,19+,20-,21-/m1/s1. The van der Waals surface area contributed by atoms with Gasteiger partial charge in [0.25, 0.3) is 0 Å². The monoisotopic (exact) mass is 401 g/mol. The van der Waals surface area contributed by atoms with Gasteiger partial charge in [-0.15, -0.1) is 0 Å². The topological polar surface area (TPSA) is 143 Å². The Kier molecular flexibility index (Phi) is 6.19. The van der Waals surface area contributed by atoms with Crippen molar-refractivity contribution >= 4 is 0 Å². The number of methoxy groups -OCH3 is 1. The van der Waals surface area contributed by atoms with Crippen LogP contribution in [0.4, 0.5) is 0 Å². The molecule has 0 spiro atoms. The zero-order valence-electron chi connectivity index (χ0n) is 15.8. The third kappa shape index (κ3) is 3.97. The Morgan fingerprint density at radius 3 is 2.38 bits per heavy atom. The SMILES string of the molecule is COc1ccc(Cc2cc([C@@]3(O)O[C@H](CO)[C@@H](O)[C@H](O)[C@H]3O)ccc2C#N)cc1. The Labute approximate surface area is 167 Å². The van der Waals surface area contributed by atoms with Crippen molar-refractivity contribution in [1.29, 1.82) is 5.26 Å². The molecule has 0 radical (unpaired) electrons. The molecular weight excluding hydrogens is 378 g/mol. The predicted molar refractivity (Wildman–Crippen MR) is 101 cm³/mol. The molecule has 1 aliphatic rings. The first kappa shape index (κ1) is 21.2. The van der Waals surface area contributed by atoms with E-state index in [1.807, 2.05) is 12.1 Å². The van der Waals surface area contributed by atoms with Gasteiger partial charge in [0.05, 0.1) is 25.3 Å². The summed E-state index contributed by atoms with van der Waals surface area (Å²) in [4.78, 5) is 0. The van der Waals surface area contributed by atoms with Crippen molar-refractivity contribution in [1.82, 2.24) is 0 Å². The van der Waals surface area contributed by atoms with E-state index in [1.54, 1.807) is 19.2 Å². The summed E-state index contributed by atoms with van der Waals surface area (Å²) in [5.74, 6) is -1.67. The highest BCUT2D eigenvalue weighted by molar-refractivity contribution is 5.45. The van der Waals surface area contributed by atoms with Crippen LogP contribution < -0.4 is 4.74 Å². The van der Waals surface area contributed by atoms with Crippen LogP contribution in [0.3, 0.4) is 0 Å². The summed E-state index contributed by atoms with van der Waals surface area (Å²) >= 11 is 0. The number of hydrogen-bond donors (Lipinski definition) is 5. The molecule has 5 atom stereocenters. The zero-order valence-corrected chi connectivity index (χ0v) is 15.8. The fraction of sp³-hybridized carbons (Fsp3) is 0.381. The molecule has 1 heterocycles. The van der Waals surface area contributed by atoms with Crippen LogP contribution in [0, 0.1) is 11.3 Å². The highest BCUT2D eigenvalue weighted by atomic mass is 16.7. The number of rotatable bonds is 5. The molecule has 8 nitrogen and oxygen atoms in total. The second-order valence-electron chi connectivity index (χ2n) is 6.97. The largest absolute Gasteiger partial charge is 0.497 e. The van der Waals surface area contributed by atoms with Gasteiger partial charge in [0.2, 0.25) is 5.79 Å². The van der Waals surface area contributed by atoms with Crippen molar-refractivity contribution in [2.24, 2.45) is 0 Å². The van der Waals surface area contributed by atoms with Gasteiger partial charge in [-0.3, -0.25) is 0 Å². The zero-order chi connectivity index (χ0) is 21.2. The van der Waals surface area contributed by atoms with Crippen LogP contribution in [0.2, 0.25) is 0 Å². The van der Waals surface area contributed by atoms with Crippen molar-refractivity contribution in [2.75, 3.05) is 13.7 Å². The highest BCUT2D eigenvalue weighted by Gasteiger charge is 2.53. The average molecular weight is 401 g/mol. The summed E-state index contributed by atoms with van der Waals surface area (Å²) in [5, 5.41) is 60.1. The second kappa shape index (κ2) is 8.47. The van der Waals surface area contributed by atoms with E-state index >= 15 is 0 Å². The lowest BCUT2D eigenvalue weighted by molar-refractivity contribution is -0.357. The molecular formula is C21H23NO7. The van der Waals surface area contributed by atoms with Crippen molar-refractivity contribution < 1.29 is 35.0 Å². The first-order valence-electron chi connectivity index (χ1n) is 9.05. The maximum atomic E-state index is 11.0. The molecule has 0 aliphatic carbocycles. The van der Waals surface area contributed by atoms with Gasteiger partial charge in [-0.2, -0.15) is 5.26 Å². The van der Waals surface area contributed by atoms with Crippen molar-refractivity contribution in [3.63, 3.8) is 0 Å². The fourth-order valence-electron chi connectivity index (χ4n) is 3.43. The van der Waals surface area contributed by atoms with E-state index in [2.05, 4.69) is 6.07 Å². The van der Waals surface area contributed by atoms with Crippen LogP contribution in [0.1, 0.15) is 22.3 Å². The lowest BCUT2D eigenvalue weighted by Crippen LogP contribution is -2.63. The summed E-state index contributed by atoms with van der Waals surface area (Å²) in [7, 11) is 1.56. The van der Waals surface area contributed by atoms with Crippen LogP contribution in [0.25, 0.3) is 0 Å². The van der Waals surface area contributed by atoms with Gasteiger partial charge in [-0.25, -0.2) is 0 Å². The van der Waals surface area contributed by atoms with Crippen LogP contribution in [-0.4, -0.2) is 63.7 Å². The van der Waals surface area contributed by atoms with Gasteiger partial charge in [0.15, 0.2) is 0 Å². The number of hydrogen-bond acceptors (Lipinski definition) is 8. The first-order chi connectivity index (χ1) is 13.8. The number of aliphatic hydroxyl groups is 5. The van der Waals surface area contributed by atoms with Gasteiger partial charge in [-0.1, -0.05) is 18.2 Å². The fourth-order valence-corrected chi connectivity index (χ4v) is 3.43. The average Bonchev–Trinajstić information content (AvgIpc) is 2.75. The van der Waals surface area contributed by atoms with E-state index in [9.17, 15) is 30.8 Å². The normalized spacial score (nSPS) is 29.3. The Bertz CT molecular complexity index is 893. The minimum atomic E-state index is -2.37. The van der Waals surface area contributed by atoms with E-state index in [1.165, 1.54) is 18.2 Å². The Balaban J connectivity index is 1.97. The molecule has 0 unspecified atom stereocenters. The molecule has 0 aromatic heterocycles. The van der Waals surface area contributed by atoms with Crippen molar-refractivity contribution in [3.05, 3.63) is 64.7 Å². The molecule has 1 saturated heterocycles. The summed E-state index contributed by atoms with van der Waals surface area (Å²) in [6.45, 7) is -0.664. The van der Waals surface area contributed by atoms with Crippen LogP contribution in [0.5, 0.6) is 5.75 Å². The minimum Gasteiger partial charge on any atom is -0.497 e. The maximum absolute atomic E-state index is 11.0. The van der Waals surface area contributed by atoms with E-state index in [0.717, 1.165) is 5.56 Å². The highest BCUT2D eigenvalue weighted by Crippen LogP contribution is 2.37. The smallest absolute Gasteiger partial charge is 0.222 e. The summed E-state index contributed by atoms with van der Waals surface area (Å²) < 4.78 is 10.5. The molecule has 2 aromatic carbocycles. The number of nitriles is 1. The molecule has 5 N–H and O–H groups in total. The molecule has 0 saturated carbocycles. The molecule has 0 amide bonds. The minimum absolute atomic E-state index is 0.0944. The molecule has 0 bridgehead atoms. The third-order valence-electron chi connectivity index (χ3n) is 5.16. The van der Waals surface area contributed by atoms with Gasteiger partial charge < -0.3 is 35.0 Å². The molecule has 29 heavy (non-hydrogen) atoms. The Morgan fingerprint density at radius 1 is 1.10 bits per heavy atom. The third-order valence-corrected chi connectivity index (χ3v) is 5.16. The van der Waals surface area contributed by atoms with E-state index in [-0.39, 0.29) is 5.56 Å². The van der Waals surface area contributed by atoms with Gasteiger partial charge in [0.1, 0.15) is 30.2 Å². The van der Waals surface area contributed by atoms with Crippen LogP contribution >= 0.6 is 0 Å². The van der Waals surface area contributed by atoms with Crippen LogP contribution in [-0.2, 0) is 16.9 Å². The molecule has 2 aromatic rings. The quantitative estimate of drug-likeness (QED) is 0.463. The molecule has 1 fully saturated rings. The number of aliphatic hydroxyl groups excluding tert-OH is 4. The molecule has 8 heteroatoms. The molecule has 3 rings (SSSR count).